The van der Waals surface area contributed by atoms with Gasteiger partial charge in [0.15, 0.2) is 0 Å². The summed E-state index contributed by atoms with van der Waals surface area (Å²) in [5.41, 5.74) is 1.43. The molecule has 2 rings (SSSR count). The molecule has 0 saturated carbocycles. The molecular weight excluding hydrogens is 232 g/mol. The van der Waals surface area contributed by atoms with Gasteiger partial charge in [-0.1, -0.05) is 12.1 Å². The summed E-state index contributed by atoms with van der Waals surface area (Å²) in [6, 6.07) is 8.90. The fourth-order valence-corrected chi connectivity index (χ4v) is 1.52. The Balaban J connectivity index is 2.16. The van der Waals surface area contributed by atoms with E-state index < -0.39 is 0 Å². The molecule has 18 heavy (non-hydrogen) atoms. The zero-order chi connectivity index (χ0) is 13.0. The van der Waals surface area contributed by atoms with Crippen molar-refractivity contribution in [3.8, 4) is 6.07 Å². The van der Waals surface area contributed by atoms with E-state index in [4.69, 9.17) is 5.26 Å². The highest BCUT2D eigenvalue weighted by atomic mass is 16.5. The molecule has 0 unspecified atom stereocenters. The average Bonchev–Trinajstić information content (AvgIpc) is 2.86. The molecule has 0 aliphatic rings. The van der Waals surface area contributed by atoms with Crippen LogP contribution in [0.25, 0.3) is 0 Å². The Kier molecular flexibility index (Phi) is 3.34. The summed E-state index contributed by atoms with van der Waals surface area (Å²) >= 11 is 0. The summed E-state index contributed by atoms with van der Waals surface area (Å²) in [5, 5.41) is 16.1. The van der Waals surface area contributed by atoms with Crippen molar-refractivity contribution >= 4 is 5.97 Å². The van der Waals surface area contributed by atoms with Crippen LogP contribution in [0.1, 0.15) is 21.7 Å². The largest absolute Gasteiger partial charge is 0.465 e. The topological polar surface area (TPSA) is 80.8 Å². The van der Waals surface area contributed by atoms with E-state index in [1.807, 2.05) is 6.07 Å². The number of aromatic nitrogens is 3. The van der Waals surface area contributed by atoms with Crippen LogP contribution >= 0.6 is 0 Å². The minimum Gasteiger partial charge on any atom is -0.465 e. The lowest BCUT2D eigenvalue weighted by Gasteiger charge is -2.04. The molecule has 90 valence electrons. The van der Waals surface area contributed by atoms with Crippen LogP contribution in [-0.2, 0) is 11.3 Å². The summed E-state index contributed by atoms with van der Waals surface area (Å²) in [4.78, 5) is 11.3. The molecule has 0 atom stereocenters. The van der Waals surface area contributed by atoms with Crippen molar-refractivity contribution in [3.63, 3.8) is 0 Å². The van der Waals surface area contributed by atoms with Crippen molar-refractivity contribution in [2.24, 2.45) is 0 Å². The molecule has 0 aliphatic heterocycles. The predicted molar refractivity (Wildman–Crippen MR) is 61.6 cm³/mol. The third kappa shape index (κ3) is 2.35. The first kappa shape index (κ1) is 11.8. The molecule has 0 radical (unpaired) electrons. The first-order chi connectivity index (χ1) is 8.74. The van der Waals surface area contributed by atoms with Gasteiger partial charge < -0.3 is 9.30 Å². The van der Waals surface area contributed by atoms with Crippen molar-refractivity contribution in [2.75, 3.05) is 7.11 Å². The van der Waals surface area contributed by atoms with Gasteiger partial charge in [-0.25, -0.2) is 4.79 Å². The van der Waals surface area contributed by atoms with Crippen molar-refractivity contribution in [2.45, 2.75) is 6.54 Å². The summed E-state index contributed by atoms with van der Waals surface area (Å²) in [6.07, 6.45) is 1.49. The van der Waals surface area contributed by atoms with Gasteiger partial charge in [-0.2, -0.15) is 5.26 Å². The summed E-state index contributed by atoms with van der Waals surface area (Å²) in [7, 11) is 1.34. The quantitative estimate of drug-likeness (QED) is 0.749. The molecule has 0 spiro atoms. The van der Waals surface area contributed by atoms with Gasteiger partial charge in [-0.05, 0) is 17.7 Å². The number of esters is 1. The van der Waals surface area contributed by atoms with Gasteiger partial charge in [-0.3, -0.25) is 0 Å². The van der Waals surface area contributed by atoms with E-state index in [0.717, 1.165) is 5.56 Å². The number of benzene rings is 1. The first-order valence-corrected chi connectivity index (χ1v) is 5.19. The monoisotopic (exact) mass is 242 g/mol. The van der Waals surface area contributed by atoms with Gasteiger partial charge in [0, 0.05) is 0 Å². The summed E-state index contributed by atoms with van der Waals surface area (Å²) < 4.78 is 6.24. The number of nitrogens with zero attached hydrogens (tertiary/aromatic N) is 4. The lowest BCUT2D eigenvalue weighted by Crippen LogP contribution is -2.04. The van der Waals surface area contributed by atoms with E-state index in [0.29, 0.717) is 12.1 Å². The van der Waals surface area contributed by atoms with Gasteiger partial charge >= 0.3 is 5.97 Å². The van der Waals surface area contributed by atoms with E-state index in [-0.39, 0.29) is 11.8 Å². The fraction of sp³-hybridized carbons (Fsp3) is 0.167. The highest BCUT2D eigenvalue weighted by molar-refractivity contribution is 5.89. The molecule has 6 nitrogen and oxygen atoms in total. The van der Waals surface area contributed by atoms with E-state index >= 15 is 0 Å². The first-order valence-electron chi connectivity index (χ1n) is 5.19. The number of ether oxygens (including phenoxy) is 1. The molecule has 0 aliphatic carbocycles. The number of hydrogen-bond acceptors (Lipinski definition) is 5. The van der Waals surface area contributed by atoms with Gasteiger partial charge in [0.05, 0.1) is 19.2 Å². The Morgan fingerprint density at radius 1 is 1.44 bits per heavy atom. The van der Waals surface area contributed by atoms with Gasteiger partial charge in [0.1, 0.15) is 12.4 Å². The molecule has 1 aromatic carbocycles. The molecule has 1 heterocycles. The van der Waals surface area contributed by atoms with Crippen molar-refractivity contribution in [1.82, 2.24) is 14.8 Å². The Morgan fingerprint density at radius 3 is 2.78 bits per heavy atom. The van der Waals surface area contributed by atoms with Gasteiger partial charge in [0.25, 0.3) is 0 Å². The van der Waals surface area contributed by atoms with Crippen molar-refractivity contribution in [3.05, 3.63) is 47.5 Å². The standard InChI is InChI=1S/C12H10N4O2/c1-18-12(17)10-4-2-9(3-5-10)7-16-8-14-15-11(16)6-13/h2-5,8H,7H2,1H3. The van der Waals surface area contributed by atoms with Gasteiger partial charge in [-0.15, -0.1) is 10.2 Å². The highest BCUT2D eigenvalue weighted by Gasteiger charge is 2.06. The Morgan fingerprint density at radius 2 is 2.17 bits per heavy atom. The molecule has 0 amide bonds. The number of rotatable bonds is 3. The summed E-state index contributed by atoms with van der Waals surface area (Å²) in [5.74, 6) is -0.115. The third-order valence-corrected chi connectivity index (χ3v) is 2.44. The lowest BCUT2D eigenvalue weighted by molar-refractivity contribution is 0.0600. The minimum absolute atomic E-state index is 0.257. The maximum Gasteiger partial charge on any atom is 0.337 e. The predicted octanol–water partition coefficient (Wildman–Crippen LogP) is 0.985. The number of methoxy groups -OCH3 is 1. The summed E-state index contributed by atoms with van der Waals surface area (Å²) in [6.45, 7) is 0.483. The maximum absolute atomic E-state index is 11.3. The van der Waals surface area contributed by atoms with Crippen LogP contribution in [0.15, 0.2) is 30.6 Å². The van der Waals surface area contributed by atoms with E-state index in [1.165, 1.54) is 13.4 Å². The van der Waals surface area contributed by atoms with Crippen LogP contribution in [0.2, 0.25) is 0 Å². The van der Waals surface area contributed by atoms with Crippen molar-refractivity contribution in [1.29, 1.82) is 5.26 Å². The normalized spacial score (nSPS) is 9.78. The third-order valence-electron chi connectivity index (χ3n) is 2.44. The second kappa shape index (κ2) is 5.10. The SMILES string of the molecule is COC(=O)c1ccc(Cn2cnnc2C#N)cc1. The Hall–Kier alpha value is -2.68. The maximum atomic E-state index is 11.3. The van der Waals surface area contributed by atoms with Crippen LogP contribution in [0.4, 0.5) is 0 Å². The molecule has 1 aromatic heterocycles. The minimum atomic E-state index is -0.372. The van der Waals surface area contributed by atoms with Crippen LogP contribution in [0, 0.1) is 11.3 Å². The number of carbonyl (C=O) groups excluding carboxylic acids is 1. The second-order valence-electron chi connectivity index (χ2n) is 3.58. The number of carbonyl (C=O) groups is 1. The van der Waals surface area contributed by atoms with E-state index in [1.54, 1.807) is 28.8 Å². The molecule has 0 saturated heterocycles. The zero-order valence-corrected chi connectivity index (χ0v) is 9.70. The molecule has 6 heteroatoms. The molecule has 0 N–H and O–H groups in total. The smallest absolute Gasteiger partial charge is 0.337 e. The molecule has 0 bridgehead atoms. The number of hydrogen-bond donors (Lipinski definition) is 0. The zero-order valence-electron chi connectivity index (χ0n) is 9.70. The molecule has 2 aromatic rings. The van der Waals surface area contributed by atoms with E-state index in [9.17, 15) is 4.79 Å². The molecule has 0 fully saturated rings. The van der Waals surface area contributed by atoms with Crippen LogP contribution in [0.5, 0.6) is 0 Å². The molecular formula is C12H10N4O2. The Bertz CT molecular complexity index is 595. The Labute approximate surface area is 103 Å². The van der Waals surface area contributed by atoms with Crippen LogP contribution < -0.4 is 0 Å². The van der Waals surface area contributed by atoms with Gasteiger partial charge in [0.2, 0.25) is 5.82 Å². The lowest BCUT2D eigenvalue weighted by atomic mass is 10.1. The fourth-order valence-electron chi connectivity index (χ4n) is 1.52. The number of nitriles is 1. The second-order valence-corrected chi connectivity index (χ2v) is 3.58. The average molecular weight is 242 g/mol. The van der Waals surface area contributed by atoms with Crippen LogP contribution in [-0.4, -0.2) is 27.8 Å². The van der Waals surface area contributed by atoms with Crippen LogP contribution in [0.3, 0.4) is 0 Å². The van der Waals surface area contributed by atoms with E-state index in [2.05, 4.69) is 14.9 Å². The van der Waals surface area contributed by atoms with Crippen molar-refractivity contribution < 1.29 is 9.53 Å². The highest BCUT2D eigenvalue weighted by Crippen LogP contribution is 2.08.